The highest BCUT2D eigenvalue weighted by atomic mass is 35.5. The lowest BCUT2D eigenvalue weighted by molar-refractivity contribution is 0.0227. The molecule has 0 bridgehead atoms. The van der Waals surface area contributed by atoms with Crippen molar-refractivity contribution in [3.63, 3.8) is 0 Å². The number of aromatic nitrogens is 4. The maximum atomic E-state index is 15.0. The maximum Gasteiger partial charge on any atom is 0.274 e. The molecule has 0 aliphatic heterocycles. The van der Waals surface area contributed by atoms with E-state index in [0.29, 0.717) is 42.8 Å². The lowest BCUT2D eigenvalue weighted by Gasteiger charge is -2.25. The zero-order chi connectivity index (χ0) is 25.9. The monoisotopic (exact) mass is 517 g/mol. The normalized spacial score (nSPS) is 25.2. The highest BCUT2D eigenvalue weighted by molar-refractivity contribution is 6.31. The topological polar surface area (TPSA) is 102 Å². The van der Waals surface area contributed by atoms with E-state index in [1.807, 2.05) is 0 Å². The average Bonchev–Trinajstić information content (AvgIpc) is 3.51. The molecule has 2 heterocycles. The summed E-state index contributed by atoms with van der Waals surface area (Å²) in [6.45, 7) is 1.25. The first-order valence-corrected chi connectivity index (χ1v) is 12.1. The Kier molecular flexibility index (Phi) is 5.99. The lowest BCUT2D eigenvalue weighted by Crippen LogP contribution is -2.27. The van der Waals surface area contributed by atoms with Crippen molar-refractivity contribution in [3.8, 4) is 0 Å². The van der Waals surface area contributed by atoms with Crippen molar-refractivity contribution < 1.29 is 23.5 Å². The molecule has 36 heavy (non-hydrogen) atoms. The van der Waals surface area contributed by atoms with E-state index in [-0.39, 0.29) is 40.1 Å². The smallest absolute Gasteiger partial charge is 0.274 e. The van der Waals surface area contributed by atoms with Crippen LogP contribution in [-0.2, 0) is 19.7 Å². The molecule has 0 radical (unpaired) electrons. The fourth-order valence-electron chi connectivity index (χ4n) is 6.10. The average molecular weight is 518 g/mol. The van der Waals surface area contributed by atoms with E-state index in [1.54, 1.807) is 17.9 Å². The Bertz CT molecular complexity index is 1370. The van der Waals surface area contributed by atoms with E-state index in [9.17, 15) is 23.5 Å². The van der Waals surface area contributed by atoms with E-state index in [4.69, 9.17) is 11.6 Å². The molecule has 2 aliphatic carbocycles. The number of amides is 1. The van der Waals surface area contributed by atoms with E-state index in [0.717, 1.165) is 0 Å². The van der Waals surface area contributed by atoms with Crippen LogP contribution in [0, 0.1) is 23.5 Å². The van der Waals surface area contributed by atoms with Gasteiger partial charge >= 0.3 is 0 Å². The standard InChI is InChI=1S/C25H26ClF2N5O3/c1-12(34)20-19(28)23(33(3)31-20)25(36)9-14-6-13(7-15(14)10-25)21-22(32(2)11-29-21)24(35)30-16-4-5-18(27)17(26)8-16/h4-5,8,11,13-15,36H,6-7,9-10H2,1-3H3,(H,30,35). The fraction of sp³-hybridized carbons (Fsp3) is 0.440. The fourth-order valence-corrected chi connectivity index (χ4v) is 6.28. The highest BCUT2D eigenvalue weighted by Crippen LogP contribution is 2.57. The number of fused-ring (bicyclic) bond motifs is 1. The van der Waals surface area contributed by atoms with Crippen molar-refractivity contribution in [2.24, 2.45) is 25.9 Å². The molecular formula is C25H26ClF2N5O3. The second kappa shape index (κ2) is 8.77. The van der Waals surface area contributed by atoms with Crippen LogP contribution in [0.3, 0.4) is 0 Å². The summed E-state index contributed by atoms with van der Waals surface area (Å²) < 4.78 is 31.4. The number of hydrogen-bond acceptors (Lipinski definition) is 5. The van der Waals surface area contributed by atoms with Crippen LogP contribution in [0.5, 0.6) is 0 Å². The van der Waals surface area contributed by atoms with Crippen LogP contribution in [0.15, 0.2) is 24.5 Å². The van der Waals surface area contributed by atoms with E-state index in [1.165, 1.54) is 36.9 Å². The van der Waals surface area contributed by atoms with Crippen molar-refractivity contribution >= 4 is 29.0 Å². The molecule has 1 amide bonds. The Hall–Kier alpha value is -3.11. The van der Waals surface area contributed by atoms with E-state index in [2.05, 4.69) is 15.4 Å². The molecule has 2 fully saturated rings. The molecule has 5 rings (SSSR count). The van der Waals surface area contributed by atoms with Crippen molar-refractivity contribution in [1.82, 2.24) is 19.3 Å². The largest absolute Gasteiger partial charge is 0.383 e. The highest BCUT2D eigenvalue weighted by Gasteiger charge is 2.53. The summed E-state index contributed by atoms with van der Waals surface area (Å²) in [6.07, 6.45) is 3.63. The number of aryl methyl sites for hydroxylation is 2. The number of imidazole rings is 1. The molecule has 2 unspecified atom stereocenters. The van der Waals surface area contributed by atoms with Crippen LogP contribution in [0.1, 0.15) is 70.9 Å². The molecule has 0 saturated heterocycles. The minimum Gasteiger partial charge on any atom is -0.383 e. The van der Waals surface area contributed by atoms with Crippen molar-refractivity contribution in [3.05, 3.63) is 64.0 Å². The minimum atomic E-state index is -1.41. The Morgan fingerprint density at radius 1 is 1.19 bits per heavy atom. The summed E-state index contributed by atoms with van der Waals surface area (Å²) in [4.78, 5) is 29.3. The second-order valence-electron chi connectivity index (χ2n) is 9.99. The third kappa shape index (κ3) is 4.02. The zero-order valence-corrected chi connectivity index (χ0v) is 20.8. The number of nitrogens with zero attached hydrogens (tertiary/aromatic N) is 4. The van der Waals surface area contributed by atoms with Gasteiger partial charge in [0.25, 0.3) is 5.91 Å². The summed E-state index contributed by atoms with van der Waals surface area (Å²) in [5.74, 6) is -2.00. The van der Waals surface area contributed by atoms with Crippen LogP contribution in [0.25, 0.3) is 0 Å². The van der Waals surface area contributed by atoms with Gasteiger partial charge in [0.15, 0.2) is 17.3 Å². The molecule has 2 atom stereocenters. The van der Waals surface area contributed by atoms with Crippen LogP contribution in [0.4, 0.5) is 14.5 Å². The molecule has 3 aromatic rings. The Balaban J connectivity index is 1.34. The predicted octanol–water partition coefficient (Wildman–Crippen LogP) is 4.33. The van der Waals surface area contributed by atoms with Crippen LogP contribution >= 0.6 is 11.6 Å². The molecular weight excluding hydrogens is 492 g/mol. The minimum absolute atomic E-state index is 0.00697. The number of hydrogen-bond donors (Lipinski definition) is 2. The number of rotatable bonds is 5. The Morgan fingerprint density at radius 3 is 2.44 bits per heavy atom. The third-order valence-electron chi connectivity index (χ3n) is 7.55. The first-order chi connectivity index (χ1) is 17.0. The number of Topliss-reactive ketones (excluding diaryl/α,β-unsaturated/α-hetero) is 1. The molecule has 11 heteroatoms. The van der Waals surface area contributed by atoms with Gasteiger partial charge in [0.1, 0.15) is 22.8 Å². The van der Waals surface area contributed by atoms with Gasteiger partial charge in [-0.25, -0.2) is 13.8 Å². The number of ketones is 1. The second-order valence-corrected chi connectivity index (χ2v) is 10.4. The van der Waals surface area contributed by atoms with Gasteiger partial charge in [0.05, 0.1) is 17.0 Å². The predicted molar refractivity (Wildman–Crippen MR) is 128 cm³/mol. The van der Waals surface area contributed by atoms with Gasteiger partial charge in [0, 0.05) is 32.6 Å². The summed E-state index contributed by atoms with van der Waals surface area (Å²) in [5, 5.41) is 18.0. The number of anilines is 1. The molecule has 2 aromatic heterocycles. The summed E-state index contributed by atoms with van der Waals surface area (Å²) in [6, 6.07) is 3.97. The summed E-state index contributed by atoms with van der Waals surface area (Å²) >= 11 is 5.84. The number of carbonyl (C=O) groups excluding carboxylic acids is 2. The van der Waals surface area contributed by atoms with Crippen LogP contribution in [-0.4, -0.2) is 36.1 Å². The number of aliphatic hydroxyl groups is 1. The molecule has 2 saturated carbocycles. The molecule has 2 N–H and O–H groups in total. The third-order valence-corrected chi connectivity index (χ3v) is 7.84. The SMILES string of the molecule is CC(=O)c1nn(C)c(C2(O)CC3CC(c4ncn(C)c4C(=O)Nc4ccc(F)c(Cl)c4)CC3C2)c1F. The van der Waals surface area contributed by atoms with Gasteiger partial charge in [-0.1, -0.05) is 11.6 Å². The van der Waals surface area contributed by atoms with E-state index >= 15 is 0 Å². The number of benzene rings is 1. The van der Waals surface area contributed by atoms with E-state index < -0.39 is 23.0 Å². The van der Waals surface area contributed by atoms with Crippen molar-refractivity contribution in [2.75, 3.05) is 5.32 Å². The molecule has 190 valence electrons. The zero-order valence-electron chi connectivity index (χ0n) is 20.1. The molecule has 2 aliphatic rings. The van der Waals surface area contributed by atoms with Gasteiger partial charge in [-0.2, -0.15) is 5.10 Å². The molecule has 1 aromatic carbocycles. The Labute approximate surface area is 211 Å². The Morgan fingerprint density at radius 2 is 1.86 bits per heavy atom. The number of nitrogens with one attached hydrogen (secondary N) is 1. The van der Waals surface area contributed by atoms with Gasteiger partial charge in [-0.3, -0.25) is 14.3 Å². The van der Waals surface area contributed by atoms with Gasteiger partial charge in [-0.15, -0.1) is 0 Å². The lowest BCUT2D eigenvalue weighted by atomic mass is 9.89. The molecule has 8 nitrogen and oxygen atoms in total. The first-order valence-electron chi connectivity index (χ1n) is 11.7. The van der Waals surface area contributed by atoms with Gasteiger partial charge < -0.3 is 15.0 Å². The number of halogens is 3. The van der Waals surface area contributed by atoms with Crippen molar-refractivity contribution in [1.29, 1.82) is 0 Å². The first kappa shape index (κ1) is 24.6. The summed E-state index contributed by atoms with van der Waals surface area (Å²) in [5.41, 5.74) is -0.190. The maximum absolute atomic E-state index is 15.0. The summed E-state index contributed by atoms with van der Waals surface area (Å²) in [7, 11) is 3.27. The van der Waals surface area contributed by atoms with Crippen LogP contribution < -0.4 is 5.32 Å². The van der Waals surface area contributed by atoms with Gasteiger partial charge in [0.2, 0.25) is 0 Å². The van der Waals surface area contributed by atoms with Gasteiger partial charge in [-0.05, 0) is 55.7 Å². The molecule has 0 spiro atoms. The van der Waals surface area contributed by atoms with Crippen molar-refractivity contribution in [2.45, 2.75) is 44.1 Å². The van der Waals surface area contributed by atoms with Crippen LogP contribution in [0.2, 0.25) is 5.02 Å². The quantitative estimate of drug-likeness (QED) is 0.490. The number of carbonyl (C=O) groups is 2.